The van der Waals surface area contributed by atoms with Gasteiger partial charge < -0.3 is 10.1 Å². The molecule has 0 saturated carbocycles. The summed E-state index contributed by atoms with van der Waals surface area (Å²) in [6, 6.07) is 14.0. The van der Waals surface area contributed by atoms with Crippen LogP contribution in [0.1, 0.15) is 21.2 Å². The Kier molecular flexibility index (Phi) is 7.95. The molecular formula is C22H20ClN7O3S2. The minimum atomic E-state index is -0.276. The van der Waals surface area contributed by atoms with Crippen molar-refractivity contribution in [3.05, 3.63) is 69.9 Å². The summed E-state index contributed by atoms with van der Waals surface area (Å²) in [6.45, 7) is 1.91. The second-order valence-corrected chi connectivity index (χ2v) is 9.59. The Morgan fingerprint density at radius 3 is 2.54 bits per heavy atom. The molecule has 2 amide bonds. The van der Waals surface area contributed by atoms with Crippen molar-refractivity contribution < 1.29 is 14.3 Å². The molecule has 4 aromatic rings. The fourth-order valence-electron chi connectivity index (χ4n) is 3.02. The van der Waals surface area contributed by atoms with Gasteiger partial charge in [-0.1, -0.05) is 46.8 Å². The lowest BCUT2D eigenvalue weighted by molar-refractivity contribution is -0.113. The maximum atomic E-state index is 12.6. The molecule has 4 rings (SSSR count). The van der Waals surface area contributed by atoms with E-state index in [1.165, 1.54) is 23.1 Å². The molecule has 2 aromatic carbocycles. The van der Waals surface area contributed by atoms with Gasteiger partial charge in [0, 0.05) is 5.56 Å². The van der Waals surface area contributed by atoms with Crippen LogP contribution in [0.3, 0.4) is 0 Å². The smallest absolute Gasteiger partial charge is 0.251 e. The molecule has 0 aliphatic carbocycles. The van der Waals surface area contributed by atoms with E-state index < -0.39 is 0 Å². The maximum Gasteiger partial charge on any atom is 0.251 e. The van der Waals surface area contributed by atoms with Crippen molar-refractivity contribution in [3.63, 3.8) is 0 Å². The van der Waals surface area contributed by atoms with E-state index in [0.717, 1.165) is 5.01 Å². The highest BCUT2D eigenvalue weighted by molar-refractivity contribution is 7.99. The zero-order chi connectivity index (χ0) is 24.8. The molecule has 0 fully saturated rings. The molecule has 0 aliphatic rings. The topological polar surface area (TPSA) is 124 Å². The number of methoxy groups -OCH3 is 1. The summed E-state index contributed by atoms with van der Waals surface area (Å²) in [5.74, 6) is 0.658. The molecule has 0 saturated heterocycles. The maximum absolute atomic E-state index is 12.6. The number of thioether (sulfide) groups is 1. The van der Waals surface area contributed by atoms with Gasteiger partial charge in [0.15, 0.2) is 11.0 Å². The minimum absolute atomic E-state index is 0.0689. The van der Waals surface area contributed by atoms with Crippen molar-refractivity contribution in [3.8, 4) is 11.4 Å². The first-order valence-electron chi connectivity index (χ1n) is 10.3. The number of anilines is 1. The third-order valence-electron chi connectivity index (χ3n) is 4.66. The Labute approximate surface area is 214 Å². The van der Waals surface area contributed by atoms with Crippen LogP contribution in [0.15, 0.2) is 53.7 Å². The van der Waals surface area contributed by atoms with Gasteiger partial charge in [0.25, 0.3) is 5.91 Å². The zero-order valence-electron chi connectivity index (χ0n) is 18.7. The Morgan fingerprint density at radius 2 is 1.86 bits per heavy atom. The van der Waals surface area contributed by atoms with E-state index in [4.69, 9.17) is 16.3 Å². The molecule has 0 atom stereocenters. The van der Waals surface area contributed by atoms with Gasteiger partial charge in [-0.25, -0.2) is 0 Å². The van der Waals surface area contributed by atoms with Crippen molar-refractivity contribution in [2.75, 3.05) is 18.2 Å². The second-order valence-electron chi connectivity index (χ2n) is 7.06. The van der Waals surface area contributed by atoms with Crippen molar-refractivity contribution in [2.45, 2.75) is 18.6 Å². The van der Waals surface area contributed by atoms with Crippen LogP contribution in [0, 0.1) is 6.92 Å². The van der Waals surface area contributed by atoms with Crippen LogP contribution in [-0.4, -0.2) is 49.6 Å². The molecule has 2 heterocycles. The van der Waals surface area contributed by atoms with E-state index >= 15 is 0 Å². The predicted molar refractivity (Wildman–Crippen MR) is 135 cm³/mol. The summed E-state index contributed by atoms with van der Waals surface area (Å²) in [7, 11) is 1.56. The van der Waals surface area contributed by atoms with Crippen LogP contribution in [0.2, 0.25) is 5.02 Å². The minimum Gasteiger partial charge on any atom is -0.497 e. The van der Waals surface area contributed by atoms with Crippen LogP contribution in [0.25, 0.3) is 5.69 Å². The highest BCUT2D eigenvalue weighted by Crippen LogP contribution is 2.27. The average Bonchev–Trinajstić information content (AvgIpc) is 3.46. The molecule has 0 spiro atoms. The molecule has 0 unspecified atom stereocenters. The molecule has 13 heteroatoms. The Morgan fingerprint density at radius 1 is 1.09 bits per heavy atom. The third kappa shape index (κ3) is 6.15. The molecule has 180 valence electrons. The normalized spacial score (nSPS) is 10.7. The van der Waals surface area contributed by atoms with Gasteiger partial charge >= 0.3 is 0 Å². The van der Waals surface area contributed by atoms with Gasteiger partial charge in [0.05, 0.1) is 30.1 Å². The predicted octanol–water partition coefficient (Wildman–Crippen LogP) is 3.75. The number of halogens is 1. The summed E-state index contributed by atoms with van der Waals surface area (Å²) in [6.07, 6.45) is 0. The number of aryl methyl sites for hydroxylation is 1. The largest absolute Gasteiger partial charge is 0.497 e. The number of nitrogens with zero attached hydrogens (tertiary/aromatic N) is 5. The number of amides is 2. The molecular weight excluding hydrogens is 510 g/mol. The van der Waals surface area contributed by atoms with Gasteiger partial charge in [-0.05, 0) is 43.3 Å². The Hall–Kier alpha value is -3.48. The number of nitrogens with one attached hydrogen (secondary N) is 2. The highest BCUT2D eigenvalue weighted by atomic mass is 35.5. The van der Waals surface area contributed by atoms with Crippen molar-refractivity contribution in [2.24, 2.45) is 0 Å². The van der Waals surface area contributed by atoms with Crippen molar-refractivity contribution in [1.29, 1.82) is 0 Å². The number of hydrogen-bond acceptors (Lipinski definition) is 9. The van der Waals surface area contributed by atoms with Gasteiger partial charge in [0.1, 0.15) is 10.8 Å². The number of carbonyl (C=O) groups is 2. The van der Waals surface area contributed by atoms with E-state index in [1.54, 1.807) is 42.0 Å². The van der Waals surface area contributed by atoms with E-state index in [-0.39, 0.29) is 24.1 Å². The first-order chi connectivity index (χ1) is 16.9. The lowest BCUT2D eigenvalue weighted by atomic mass is 10.2. The Bertz CT molecular complexity index is 1340. The van der Waals surface area contributed by atoms with E-state index in [9.17, 15) is 9.59 Å². The van der Waals surface area contributed by atoms with Gasteiger partial charge in [-0.2, -0.15) is 0 Å². The number of aromatic nitrogens is 5. The standard InChI is InChI=1S/C22H20ClN7O3S2/c1-13-26-28-21(35-13)25-19(31)12-34-22-29-27-18(30(22)17-6-4-3-5-16(17)23)11-24-20(32)14-7-9-15(33-2)10-8-14/h3-10H,11-12H2,1-2H3,(H,24,32)(H,25,28,31). The van der Waals surface area contributed by atoms with Crippen LogP contribution in [0.5, 0.6) is 5.75 Å². The van der Waals surface area contributed by atoms with E-state index in [2.05, 4.69) is 31.0 Å². The molecule has 0 radical (unpaired) electrons. The monoisotopic (exact) mass is 529 g/mol. The molecule has 35 heavy (non-hydrogen) atoms. The van der Waals surface area contributed by atoms with Crippen LogP contribution >= 0.6 is 34.7 Å². The number of hydrogen-bond donors (Lipinski definition) is 2. The van der Waals surface area contributed by atoms with Gasteiger partial charge in [-0.3, -0.25) is 19.5 Å². The third-order valence-corrected chi connectivity index (χ3v) is 6.66. The number of para-hydroxylation sites is 1. The zero-order valence-corrected chi connectivity index (χ0v) is 21.1. The van der Waals surface area contributed by atoms with E-state index in [0.29, 0.717) is 38.1 Å². The fraction of sp³-hybridized carbons (Fsp3) is 0.182. The van der Waals surface area contributed by atoms with Gasteiger partial charge in [0.2, 0.25) is 11.0 Å². The summed E-state index contributed by atoms with van der Waals surface area (Å²) < 4.78 is 6.85. The lowest BCUT2D eigenvalue weighted by Crippen LogP contribution is -2.24. The van der Waals surface area contributed by atoms with E-state index in [1.807, 2.05) is 25.1 Å². The number of carbonyl (C=O) groups excluding carboxylic acids is 2. The summed E-state index contributed by atoms with van der Waals surface area (Å²) >= 11 is 8.92. The quantitative estimate of drug-likeness (QED) is 0.314. The number of ether oxygens (including phenoxy) is 1. The van der Waals surface area contributed by atoms with Crippen molar-refractivity contribution >= 4 is 51.6 Å². The second kappa shape index (κ2) is 11.3. The summed E-state index contributed by atoms with van der Waals surface area (Å²) in [4.78, 5) is 25.0. The van der Waals surface area contributed by atoms with Crippen LogP contribution < -0.4 is 15.4 Å². The summed E-state index contributed by atoms with van der Waals surface area (Å²) in [5.41, 5.74) is 1.11. The molecule has 10 nitrogen and oxygen atoms in total. The molecule has 2 N–H and O–H groups in total. The van der Waals surface area contributed by atoms with Gasteiger partial charge in [-0.15, -0.1) is 20.4 Å². The first-order valence-corrected chi connectivity index (χ1v) is 12.5. The first kappa shape index (κ1) is 24.6. The molecule has 0 bridgehead atoms. The van der Waals surface area contributed by atoms with Crippen molar-refractivity contribution in [1.82, 2.24) is 30.3 Å². The number of benzene rings is 2. The fourth-order valence-corrected chi connectivity index (χ4v) is 4.61. The lowest BCUT2D eigenvalue weighted by Gasteiger charge is -2.12. The van der Waals surface area contributed by atoms with Crippen LogP contribution in [-0.2, 0) is 11.3 Å². The Balaban J connectivity index is 1.50. The molecule has 2 aromatic heterocycles. The highest BCUT2D eigenvalue weighted by Gasteiger charge is 2.19. The number of rotatable bonds is 9. The summed E-state index contributed by atoms with van der Waals surface area (Å²) in [5, 5.41) is 23.9. The SMILES string of the molecule is COc1ccc(C(=O)NCc2nnc(SCC(=O)Nc3nnc(C)s3)n2-c2ccccc2Cl)cc1. The van der Waals surface area contributed by atoms with Crippen LogP contribution in [0.4, 0.5) is 5.13 Å². The average molecular weight is 530 g/mol. The molecule has 0 aliphatic heterocycles.